The van der Waals surface area contributed by atoms with Crippen LogP contribution in [0.1, 0.15) is 10.4 Å². The minimum Gasteiger partial charge on any atom is -0.346 e. The molecule has 0 saturated carbocycles. The molecule has 0 unspecified atom stereocenters. The van der Waals surface area contributed by atoms with E-state index in [0.29, 0.717) is 5.56 Å². The fourth-order valence-corrected chi connectivity index (χ4v) is 3.55. The molecule has 4 nitrogen and oxygen atoms in total. The van der Waals surface area contributed by atoms with Gasteiger partial charge < -0.3 is 4.98 Å². The zero-order valence-corrected chi connectivity index (χ0v) is 14.0. The number of aromatic nitrogens is 2. The second-order valence-electron chi connectivity index (χ2n) is 5.59. The molecule has 0 aliphatic rings. The monoisotopic (exact) mass is 344 g/mol. The average Bonchev–Trinajstić information content (AvgIpc) is 3.06. The predicted octanol–water partition coefficient (Wildman–Crippen LogP) is 4.80. The van der Waals surface area contributed by atoms with Gasteiger partial charge in [-0.15, -0.1) is 0 Å². The minimum atomic E-state index is -0.673. The van der Waals surface area contributed by atoms with E-state index < -0.39 is 5.91 Å². The first kappa shape index (κ1) is 15.5. The maximum absolute atomic E-state index is 11.1. The Balaban J connectivity index is 1.72. The third kappa shape index (κ3) is 3.14. The molecule has 0 saturated heterocycles. The molecular weight excluding hydrogens is 330 g/mol. The van der Waals surface area contributed by atoms with Crippen molar-refractivity contribution in [2.24, 2.45) is 0 Å². The highest BCUT2D eigenvalue weighted by Gasteiger charge is 2.10. The van der Waals surface area contributed by atoms with Crippen molar-refractivity contribution in [3.8, 4) is 11.1 Å². The molecule has 0 bridgehead atoms. The molecular formula is C20H14N3OS. The molecule has 0 aliphatic carbocycles. The molecule has 4 rings (SSSR count). The third-order valence-corrected chi connectivity index (χ3v) is 4.91. The summed E-state index contributed by atoms with van der Waals surface area (Å²) >= 11 is 1.67. The predicted molar refractivity (Wildman–Crippen MR) is 99.5 cm³/mol. The summed E-state index contributed by atoms with van der Waals surface area (Å²) in [7, 11) is 0. The van der Waals surface area contributed by atoms with E-state index in [1.807, 2.05) is 42.7 Å². The molecule has 0 atom stereocenters. The van der Waals surface area contributed by atoms with Crippen LogP contribution in [0.15, 0.2) is 82.8 Å². The van der Waals surface area contributed by atoms with Crippen LogP contribution < -0.4 is 5.73 Å². The van der Waals surface area contributed by atoms with Gasteiger partial charge in [-0.25, -0.2) is 4.98 Å². The lowest BCUT2D eigenvalue weighted by molar-refractivity contribution is 0.0992. The third-order valence-electron chi connectivity index (χ3n) is 3.94. The van der Waals surface area contributed by atoms with Gasteiger partial charge in [-0.2, -0.15) is 0 Å². The van der Waals surface area contributed by atoms with E-state index in [4.69, 9.17) is 5.73 Å². The molecule has 4 aromatic rings. The first-order valence-electron chi connectivity index (χ1n) is 7.77. The number of fused-ring (bicyclic) bond motifs is 1. The van der Waals surface area contributed by atoms with Gasteiger partial charge in [-0.3, -0.25) is 10.5 Å². The lowest BCUT2D eigenvalue weighted by Gasteiger charge is -2.04. The normalized spacial score (nSPS) is 10.9. The SMILES string of the molecule is [NH]C(=O)c1ccc(-c2c[nH]c3ncc(Sc4ccccc4)cc23)cc1. The van der Waals surface area contributed by atoms with Gasteiger partial charge in [0.05, 0.1) is 0 Å². The van der Waals surface area contributed by atoms with Crippen LogP contribution in [0.3, 0.4) is 0 Å². The maximum Gasteiger partial charge on any atom is 0.269 e. The van der Waals surface area contributed by atoms with Crippen LogP contribution in [0.2, 0.25) is 0 Å². The second-order valence-corrected chi connectivity index (χ2v) is 6.74. The Morgan fingerprint density at radius 1 is 1.00 bits per heavy atom. The topological polar surface area (TPSA) is 69.6 Å². The molecule has 0 aliphatic heterocycles. The molecule has 2 heterocycles. The van der Waals surface area contributed by atoms with Gasteiger partial charge in [0, 0.05) is 38.7 Å². The molecule has 0 fully saturated rings. The summed E-state index contributed by atoms with van der Waals surface area (Å²) in [5, 5.41) is 1.03. The largest absolute Gasteiger partial charge is 0.346 e. The van der Waals surface area contributed by atoms with E-state index >= 15 is 0 Å². The van der Waals surface area contributed by atoms with E-state index in [0.717, 1.165) is 27.1 Å². The van der Waals surface area contributed by atoms with Crippen LogP contribution in [0, 0.1) is 0 Å². The zero-order chi connectivity index (χ0) is 17.2. The van der Waals surface area contributed by atoms with Crippen molar-refractivity contribution < 1.29 is 4.79 Å². The van der Waals surface area contributed by atoms with Crippen LogP contribution in [0.5, 0.6) is 0 Å². The quantitative estimate of drug-likeness (QED) is 0.578. The van der Waals surface area contributed by atoms with Crippen molar-refractivity contribution in [2.75, 3.05) is 0 Å². The highest BCUT2D eigenvalue weighted by atomic mass is 32.2. The van der Waals surface area contributed by atoms with Gasteiger partial charge >= 0.3 is 0 Å². The van der Waals surface area contributed by atoms with Gasteiger partial charge in [0.15, 0.2) is 0 Å². The number of carbonyl (C=O) groups excluding carboxylic acids is 1. The van der Waals surface area contributed by atoms with E-state index in [1.54, 1.807) is 23.9 Å². The number of hydrogen-bond acceptors (Lipinski definition) is 3. The fourth-order valence-electron chi connectivity index (χ4n) is 2.70. The summed E-state index contributed by atoms with van der Waals surface area (Å²) in [4.78, 5) is 21.1. The summed E-state index contributed by atoms with van der Waals surface area (Å²) in [5.74, 6) is -0.673. The number of aromatic amines is 1. The average molecular weight is 344 g/mol. The molecule has 25 heavy (non-hydrogen) atoms. The van der Waals surface area contributed by atoms with Gasteiger partial charge in [0.1, 0.15) is 5.65 Å². The summed E-state index contributed by atoms with van der Waals surface area (Å²) < 4.78 is 0. The highest BCUT2D eigenvalue weighted by molar-refractivity contribution is 7.99. The lowest BCUT2D eigenvalue weighted by atomic mass is 10.0. The number of nitrogens with one attached hydrogen (secondary N) is 2. The molecule has 5 heteroatoms. The van der Waals surface area contributed by atoms with Crippen LogP contribution in [-0.2, 0) is 0 Å². The van der Waals surface area contributed by atoms with Crippen LogP contribution in [-0.4, -0.2) is 15.9 Å². The van der Waals surface area contributed by atoms with Crippen molar-refractivity contribution in [3.05, 3.63) is 78.6 Å². The van der Waals surface area contributed by atoms with Crippen molar-refractivity contribution in [1.82, 2.24) is 15.7 Å². The van der Waals surface area contributed by atoms with E-state index in [2.05, 4.69) is 28.2 Å². The summed E-state index contributed by atoms with van der Waals surface area (Å²) in [5.41, 5.74) is 10.4. The standard InChI is InChI=1S/C20H14N3OS/c21-19(24)14-8-6-13(7-9-14)18-12-23-20-17(18)10-16(11-22-20)25-15-4-2-1-3-5-15/h1-12,21H,(H,22,23). The fraction of sp³-hybridized carbons (Fsp3) is 0. The molecule has 2 aromatic heterocycles. The first-order chi connectivity index (χ1) is 12.2. The van der Waals surface area contributed by atoms with E-state index in [-0.39, 0.29) is 0 Å². The van der Waals surface area contributed by atoms with Crippen molar-refractivity contribution in [1.29, 1.82) is 0 Å². The van der Waals surface area contributed by atoms with Crippen molar-refractivity contribution in [3.63, 3.8) is 0 Å². The Morgan fingerprint density at radius 2 is 1.76 bits per heavy atom. The zero-order valence-electron chi connectivity index (χ0n) is 13.2. The van der Waals surface area contributed by atoms with E-state index in [1.165, 1.54) is 4.90 Å². The first-order valence-corrected chi connectivity index (χ1v) is 8.59. The van der Waals surface area contributed by atoms with Gasteiger partial charge in [-0.05, 0) is 35.9 Å². The smallest absolute Gasteiger partial charge is 0.269 e. The Morgan fingerprint density at radius 3 is 2.48 bits per heavy atom. The summed E-state index contributed by atoms with van der Waals surface area (Å²) in [6.07, 6.45) is 3.79. The molecule has 2 N–H and O–H groups in total. The number of H-pyrrole nitrogens is 1. The number of rotatable bonds is 4. The van der Waals surface area contributed by atoms with Crippen LogP contribution >= 0.6 is 11.8 Å². The Labute approximate surface area is 149 Å². The molecule has 1 amide bonds. The Kier molecular flexibility index (Phi) is 3.99. The number of pyridine rings is 1. The lowest BCUT2D eigenvalue weighted by Crippen LogP contribution is -1.97. The number of benzene rings is 2. The van der Waals surface area contributed by atoms with Crippen LogP contribution in [0.4, 0.5) is 0 Å². The molecule has 1 radical (unpaired) electrons. The second kappa shape index (κ2) is 6.45. The number of nitrogens with zero attached hydrogens (tertiary/aromatic N) is 1. The van der Waals surface area contributed by atoms with Gasteiger partial charge in [0.25, 0.3) is 5.91 Å². The Bertz CT molecular complexity index is 1040. The van der Waals surface area contributed by atoms with Crippen LogP contribution in [0.25, 0.3) is 22.2 Å². The number of carbonyl (C=O) groups is 1. The number of hydrogen-bond donors (Lipinski definition) is 1. The van der Waals surface area contributed by atoms with Crippen molar-refractivity contribution >= 4 is 28.7 Å². The highest BCUT2D eigenvalue weighted by Crippen LogP contribution is 2.33. The Hall–Kier alpha value is -3.05. The van der Waals surface area contributed by atoms with Gasteiger partial charge in [0.2, 0.25) is 0 Å². The molecule has 121 valence electrons. The summed E-state index contributed by atoms with van der Waals surface area (Å²) in [6, 6.07) is 19.4. The maximum atomic E-state index is 11.1. The van der Waals surface area contributed by atoms with Gasteiger partial charge in [-0.1, -0.05) is 42.1 Å². The molecule has 2 aromatic carbocycles. The summed E-state index contributed by atoms with van der Waals surface area (Å²) in [6.45, 7) is 0. The van der Waals surface area contributed by atoms with Crippen molar-refractivity contribution in [2.45, 2.75) is 9.79 Å². The molecule has 0 spiro atoms. The van der Waals surface area contributed by atoms with E-state index in [9.17, 15) is 4.79 Å². The minimum absolute atomic E-state index is 0.391. The number of amides is 1.